The fourth-order valence-corrected chi connectivity index (χ4v) is 2.57. The maximum absolute atomic E-state index is 9.94. The van der Waals surface area contributed by atoms with Crippen LogP contribution in [0, 0.1) is 0 Å². The summed E-state index contributed by atoms with van der Waals surface area (Å²) in [4.78, 5) is 5.37. The summed E-state index contributed by atoms with van der Waals surface area (Å²) >= 11 is 1.58. The summed E-state index contributed by atoms with van der Waals surface area (Å²) in [6, 6.07) is 7.97. The molecule has 0 aliphatic heterocycles. The second-order valence-electron chi connectivity index (χ2n) is 4.12. The number of pyridine rings is 1. The first-order valence-electron chi connectivity index (χ1n) is 6.16. The van der Waals surface area contributed by atoms with E-state index in [1.54, 1.807) is 11.3 Å². The highest BCUT2D eigenvalue weighted by molar-refractivity contribution is 7.10. The Morgan fingerprint density at radius 1 is 1.39 bits per heavy atom. The number of aromatic nitrogens is 1. The molecule has 18 heavy (non-hydrogen) atoms. The Bertz CT molecular complexity index is 470. The first kappa shape index (κ1) is 13.2. The molecule has 2 aromatic rings. The minimum absolute atomic E-state index is 0.432. The Hall–Kier alpha value is -1.23. The molecule has 0 radical (unpaired) electrons. The average Bonchev–Trinajstić information content (AvgIpc) is 2.93. The molecule has 0 saturated carbocycles. The molecular weight excluding hydrogens is 244 g/mol. The van der Waals surface area contributed by atoms with Crippen LogP contribution in [0.2, 0.25) is 0 Å². The Labute approximate surface area is 112 Å². The minimum atomic E-state index is -0.432. The van der Waals surface area contributed by atoms with Gasteiger partial charge < -0.3 is 10.4 Å². The van der Waals surface area contributed by atoms with Crippen molar-refractivity contribution in [1.29, 1.82) is 0 Å². The van der Waals surface area contributed by atoms with Gasteiger partial charge >= 0.3 is 0 Å². The van der Waals surface area contributed by atoms with Crippen LogP contribution in [0.3, 0.4) is 0 Å². The largest absolute Gasteiger partial charge is 0.386 e. The van der Waals surface area contributed by atoms with E-state index in [0.717, 1.165) is 17.0 Å². The third-order valence-corrected chi connectivity index (χ3v) is 3.84. The van der Waals surface area contributed by atoms with Crippen LogP contribution in [0.1, 0.15) is 29.2 Å². The topological polar surface area (TPSA) is 45.2 Å². The second kappa shape index (κ2) is 6.64. The summed E-state index contributed by atoms with van der Waals surface area (Å²) in [5.74, 6) is 0. The number of thiophene rings is 1. The molecule has 2 rings (SSSR count). The van der Waals surface area contributed by atoms with Crippen molar-refractivity contribution >= 4 is 11.3 Å². The highest BCUT2D eigenvalue weighted by Gasteiger charge is 2.08. The zero-order chi connectivity index (χ0) is 12.8. The van der Waals surface area contributed by atoms with Crippen molar-refractivity contribution in [3.05, 3.63) is 52.0 Å². The van der Waals surface area contributed by atoms with E-state index in [1.807, 2.05) is 29.8 Å². The number of nitrogens with zero attached hydrogens (tertiary/aromatic N) is 1. The van der Waals surface area contributed by atoms with Gasteiger partial charge in [0.1, 0.15) is 6.10 Å². The molecule has 1 unspecified atom stereocenters. The highest BCUT2D eigenvalue weighted by Crippen LogP contribution is 2.17. The van der Waals surface area contributed by atoms with Crippen LogP contribution >= 0.6 is 11.3 Å². The predicted molar refractivity (Wildman–Crippen MR) is 74.6 cm³/mol. The second-order valence-corrected chi connectivity index (χ2v) is 5.10. The van der Waals surface area contributed by atoms with Crippen LogP contribution in [-0.2, 0) is 13.0 Å². The van der Waals surface area contributed by atoms with Gasteiger partial charge in [-0.25, -0.2) is 0 Å². The number of aryl methyl sites for hydroxylation is 1. The molecule has 1 atom stereocenters. The zero-order valence-electron chi connectivity index (χ0n) is 10.5. The maximum atomic E-state index is 9.94. The van der Waals surface area contributed by atoms with Gasteiger partial charge in [0.15, 0.2) is 0 Å². The van der Waals surface area contributed by atoms with Gasteiger partial charge in [-0.3, -0.25) is 4.98 Å². The normalized spacial score (nSPS) is 12.6. The van der Waals surface area contributed by atoms with E-state index in [-0.39, 0.29) is 0 Å². The fourth-order valence-electron chi connectivity index (χ4n) is 1.86. The van der Waals surface area contributed by atoms with Gasteiger partial charge in [0.25, 0.3) is 0 Å². The molecule has 0 aromatic carbocycles. The number of aliphatic hydroxyl groups is 1. The number of nitrogens with one attached hydrogen (secondary N) is 1. The Kier molecular flexibility index (Phi) is 4.87. The van der Waals surface area contributed by atoms with Gasteiger partial charge in [-0.05, 0) is 29.5 Å². The van der Waals surface area contributed by atoms with E-state index >= 15 is 0 Å². The number of aliphatic hydroxyl groups excluding tert-OH is 1. The van der Waals surface area contributed by atoms with E-state index in [4.69, 9.17) is 0 Å². The van der Waals surface area contributed by atoms with Crippen molar-refractivity contribution in [3.8, 4) is 0 Å². The van der Waals surface area contributed by atoms with E-state index < -0.39 is 6.10 Å². The predicted octanol–water partition coefficient (Wildman–Crippen LogP) is 2.53. The minimum Gasteiger partial charge on any atom is -0.386 e. The summed E-state index contributed by atoms with van der Waals surface area (Å²) in [6.07, 6.45) is 2.36. The van der Waals surface area contributed by atoms with Gasteiger partial charge in [0, 0.05) is 24.2 Å². The lowest BCUT2D eigenvalue weighted by Gasteiger charge is -2.11. The molecule has 2 heterocycles. The zero-order valence-corrected chi connectivity index (χ0v) is 11.3. The van der Waals surface area contributed by atoms with Crippen molar-refractivity contribution in [2.24, 2.45) is 0 Å². The van der Waals surface area contributed by atoms with Crippen molar-refractivity contribution in [1.82, 2.24) is 10.3 Å². The summed E-state index contributed by atoms with van der Waals surface area (Å²) in [6.45, 7) is 3.38. The van der Waals surface area contributed by atoms with E-state index in [2.05, 4.69) is 23.3 Å². The molecule has 4 heteroatoms. The molecular formula is C14H18N2OS. The molecule has 0 saturated heterocycles. The van der Waals surface area contributed by atoms with Crippen molar-refractivity contribution < 1.29 is 5.11 Å². The molecule has 3 nitrogen and oxygen atoms in total. The quantitative estimate of drug-likeness (QED) is 0.841. The van der Waals surface area contributed by atoms with Crippen LogP contribution in [0.25, 0.3) is 0 Å². The average molecular weight is 262 g/mol. The van der Waals surface area contributed by atoms with Crippen molar-refractivity contribution in [3.63, 3.8) is 0 Å². The standard InChI is InChI=1S/C14H18N2OS/c1-2-11-5-3-7-16-12(11)9-15-10-13(17)14-6-4-8-18-14/h3-8,13,15,17H,2,9-10H2,1H3. The summed E-state index contributed by atoms with van der Waals surface area (Å²) in [5.41, 5.74) is 2.33. The Morgan fingerprint density at radius 3 is 3.00 bits per heavy atom. The van der Waals surface area contributed by atoms with Crippen LogP contribution in [0.5, 0.6) is 0 Å². The lowest BCUT2D eigenvalue weighted by Crippen LogP contribution is -2.21. The number of hydrogen-bond donors (Lipinski definition) is 2. The smallest absolute Gasteiger partial charge is 0.101 e. The third kappa shape index (κ3) is 3.38. The van der Waals surface area contributed by atoms with E-state index in [0.29, 0.717) is 13.1 Å². The van der Waals surface area contributed by atoms with E-state index in [9.17, 15) is 5.11 Å². The number of rotatable bonds is 6. The van der Waals surface area contributed by atoms with Crippen LogP contribution in [-0.4, -0.2) is 16.6 Å². The van der Waals surface area contributed by atoms with Gasteiger partial charge in [0.05, 0.1) is 5.69 Å². The van der Waals surface area contributed by atoms with Gasteiger partial charge in [-0.15, -0.1) is 11.3 Å². The molecule has 0 bridgehead atoms. The van der Waals surface area contributed by atoms with Crippen LogP contribution in [0.15, 0.2) is 35.8 Å². The monoisotopic (exact) mass is 262 g/mol. The SMILES string of the molecule is CCc1cccnc1CNCC(O)c1cccs1. The lowest BCUT2D eigenvalue weighted by molar-refractivity contribution is 0.178. The maximum Gasteiger partial charge on any atom is 0.101 e. The van der Waals surface area contributed by atoms with Gasteiger partial charge in [-0.1, -0.05) is 19.1 Å². The van der Waals surface area contributed by atoms with Crippen molar-refractivity contribution in [2.45, 2.75) is 26.0 Å². The first-order valence-corrected chi connectivity index (χ1v) is 7.04. The lowest BCUT2D eigenvalue weighted by atomic mass is 10.1. The fraction of sp³-hybridized carbons (Fsp3) is 0.357. The van der Waals surface area contributed by atoms with E-state index in [1.165, 1.54) is 5.56 Å². The van der Waals surface area contributed by atoms with Crippen molar-refractivity contribution in [2.75, 3.05) is 6.54 Å². The molecule has 0 aliphatic carbocycles. The summed E-state index contributed by atoms with van der Waals surface area (Å²) in [5, 5.41) is 15.2. The molecule has 0 fully saturated rings. The van der Waals surface area contributed by atoms with Crippen LogP contribution < -0.4 is 5.32 Å². The van der Waals surface area contributed by atoms with Gasteiger partial charge in [-0.2, -0.15) is 0 Å². The highest BCUT2D eigenvalue weighted by atomic mass is 32.1. The molecule has 0 amide bonds. The molecule has 96 valence electrons. The molecule has 2 aromatic heterocycles. The Morgan fingerprint density at radius 2 is 2.28 bits per heavy atom. The molecule has 0 spiro atoms. The third-order valence-electron chi connectivity index (χ3n) is 2.87. The summed E-state index contributed by atoms with van der Waals surface area (Å²) < 4.78 is 0. The first-order chi connectivity index (χ1) is 8.81. The van der Waals surface area contributed by atoms with Crippen LogP contribution in [0.4, 0.5) is 0 Å². The number of hydrogen-bond acceptors (Lipinski definition) is 4. The van der Waals surface area contributed by atoms with Gasteiger partial charge in [0.2, 0.25) is 0 Å². The summed E-state index contributed by atoms with van der Waals surface area (Å²) in [7, 11) is 0. The molecule has 0 aliphatic rings. The molecule has 2 N–H and O–H groups in total. The Balaban J connectivity index is 1.85.